The second-order valence-corrected chi connectivity index (χ2v) is 4.03. The van der Waals surface area contributed by atoms with E-state index in [0.29, 0.717) is 29.4 Å². The zero-order chi connectivity index (χ0) is 11.7. The lowest BCUT2D eigenvalue weighted by atomic mass is 10.0. The van der Waals surface area contributed by atoms with Gasteiger partial charge in [-0.15, -0.1) is 0 Å². The molecule has 1 aromatic carbocycles. The number of halogens is 3. The molecule has 0 atom stereocenters. The Labute approximate surface area is 96.2 Å². The van der Waals surface area contributed by atoms with Crippen LogP contribution in [0.1, 0.15) is 11.1 Å². The molecule has 1 aliphatic heterocycles. The fourth-order valence-electron chi connectivity index (χ4n) is 1.74. The van der Waals surface area contributed by atoms with Crippen LogP contribution in [0.2, 0.25) is 5.02 Å². The summed E-state index contributed by atoms with van der Waals surface area (Å²) in [7, 11) is 0. The Morgan fingerprint density at radius 1 is 1.50 bits per heavy atom. The van der Waals surface area contributed by atoms with Crippen LogP contribution in [0, 0.1) is 0 Å². The number of carbonyl (C=O) groups is 1. The lowest BCUT2D eigenvalue weighted by Crippen LogP contribution is -2.13. The molecule has 0 amide bonds. The highest BCUT2D eigenvalue weighted by Crippen LogP contribution is 2.33. The van der Waals surface area contributed by atoms with Crippen molar-refractivity contribution < 1.29 is 18.3 Å². The van der Waals surface area contributed by atoms with Crippen molar-refractivity contribution in [3.05, 3.63) is 28.3 Å². The van der Waals surface area contributed by atoms with E-state index in [1.54, 1.807) is 6.07 Å². The van der Waals surface area contributed by atoms with Gasteiger partial charge in [0.25, 0.3) is 6.43 Å². The van der Waals surface area contributed by atoms with Crippen molar-refractivity contribution in [3.8, 4) is 5.75 Å². The molecule has 1 aromatic rings. The minimum Gasteiger partial charge on any atom is -0.493 e. The fourth-order valence-corrected chi connectivity index (χ4v) is 2.01. The summed E-state index contributed by atoms with van der Waals surface area (Å²) < 4.78 is 29.6. The highest BCUT2D eigenvalue weighted by atomic mass is 35.5. The Morgan fingerprint density at radius 2 is 2.25 bits per heavy atom. The molecule has 2 rings (SSSR count). The van der Waals surface area contributed by atoms with Crippen LogP contribution in [0.5, 0.6) is 5.75 Å². The molecule has 1 heterocycles. The van der Waals surface area contributed by atoms with Gasteiger partial charge in [0.2, 0.25) is 5.78 Å². The third-order valence-corrected chi connectivity index (χ3v) is 2.65. The maximum atomic E-state index is 12.1. The van der Waals surface area contributed by atoms with E-state index in [4.69, 9.17) is 16.3 Å². The van der Waals surface area contributed by atoms with Crippen LogP contribution >= 0.6 is 11.6 Å². The van der Waals surface area contributed by atoms with E-state index >= 15 is 0 Å². The zero-order valence-electron chi connectivity index (χ0n) is 8.30. The van der Waals surface area contributed by atoms with Gasteiger partial charge in [0.05, 0.1) is 6.61 Å². The molecule has 0 aromatic heterocycles. The quantitative estimate of drug-likeness (QED) is 0.820. The Bertz CT molecular complexity index is 432. The van der Waals surface area contributed by atoms with Crippen LogP contribution in [-0.2, 0) is 17.6 Å². The molecule has 0 spiro atoms. The van der Waals surface area contributed by atoms with Crippen molar-refractivity contribution in [3.63, 3.8) is 0 Å². The standard InChI is InChI=1S/C11H9ClF2O2/c12-8-3-6-1-2-16-10(6)7(4-8)5-9(15)11(13)14/h3-4,11H,1-2,5H2. The zero-order valence-corrected chi connectivity index (χ0v) is 9.06. The smallest absolute Gasteiger partial charge is 0.296 e. The molecule has 2 nitrogen and oxygen atoms in total. The number of fused-ring (bicyclic) bond motifs is 1. The summed E-state index contributed by atoms with van der Waals surface area (Å²) in [6, 6.07) is 3.24. The van der Waals surface area contributed by atoms with Crippen molar-refractivity contribution in [2.45, 2.75) is 19.3 Å². The van der Waals surface area contributed by atoms with E-state index < -0.39 is 12.2 Å². The molecule has 0 saturated carbocycles. The molecule has 0 fully saturated rings. The molecular weight excluding hydrogens is 238 g/mol. The first-order valence-corrected chi connectivity index (χ1v) is 5.20. The number of Topliss-reactive ketones (excluding diaryl/α,β-unsaturated/α-hetero) is 1. The van der Waals surface area contributed by atoms with Gasteiger partial charge in [-0.2, -0.15) is 0 Å². The first-order chi connectivity index (χ1) is 7.58. The van der Waals surface area contributed by atoms with Crippen LogP contribution in [0.25, 0.3) is 0 Å². The summed E-state index contributed by atoms with van der Waals surface area (Å²) in [5.41, 5.74) is 1.33. The first-order valence-electron chi connectivity index (χ1n) is 4.83. The van der Waals surface area contributed by atoms with Crippen LogP contribution in [-0.4, -0.2) is 18.8 Å². The third kappa shape index (κ3) is 2.16. The van der Waals surface area contributed by atoms with Crippen molar-refractivity contribution >= 4 is 17.4 Å². The van der Waals surface area contributed by atoms with Gasteiger partial charge in [0.15, 0.2) is 0 Å². The summed E-state index contributed by atoms with van der Waals surface area (Å²) >= 11 is 5.84. The van der Waals surface area contributed by atoms with E-state index in [1.165, 1.54) is 6.07 Å². The van der Waals surface area contributed by atoms with E-state index in [-0.39, 0.29) is 6.42 Å². The summed E-state index contributed by atoms with van der Waals surface area (Å²) in [5, 5.41) is 0.446. The Balaban J connectivity index is 2.30. The van der Waals surface area contributed by atoms with Crippen molar-refractivity contribution in [2.24, 2.45) is 0 Å². The van der Waals surface area contributed by atoms with Gasteiger partial charge in [0.1, 0.15) is 5.75 Å². The lowest BCUT2D eigenvalue weighted by Gasteiger charge is -2.08. The van der Waals surface area contributed by atoms with Crippen molar-refractivity contribution in [1.82, 2.24) is 0 Å². The van der Waals surface area contributed by atoms with Gasteiger partial charge in [-0.1, -0.05) is 11.6 Å². The average Bonchev–Trinajstić information content (AvgIpc) is 2.65. The highest BCUT2D eigenvalue weighted by molar-refractivity contribution is 6.30. The molecule has 0 bridgehead atoms. The van der Waals surface area contributed by atoms with Crippen LogP contribution in [0.3, 0.4) is 0 Å². The molecule has 1 aliphatic rings. The van der Waals surface area contributed by atoms with E-state index in [1.807, 2.05) is 0 Å². The Hall–Kier alpha value is -1.16. The normalized spacial score (nSPS) is 13.8. The number of ketones is 1. The summed E-state index contributed by atoms with van der Waals surface area (Å²) in [5.74, 6) is -0.571. The number of carbonyl (C=O) groups excluding carboxylic acids is 1. The lowest BCUT2D eigenvalue weighted by molar-refractivity contribution is -0.128. The van der Waals surface area contributed by atoms with Gasteiger partial charge in [-0.05, 0) is 17.7 Å². The van der Waals surface area contributed by atoms with Gasteiger partial charge in [-0.25, -0.2) is 8.78 Å². The van der Waals surface area contributed by atoms with Crippen molar-refractivity contribution in [2.75, 3.05) is 6.61 Å². The maximum absolute atomic E-state index is 12.1. The summed E-state index contributed by atoms with van der Waals surface area (Å²) in [6.07, 6.45) is -2.58. The maximum Gasteiger partial charge on any atom is 0.296 e. The van der Waals surface area contributed by atoms with E-state index in [0.717, 1.165) is 5.56 Å². The van der Waals surface area contributed by atoms with Crippen molar-refractivity contribution in [1.29, 1.82) is 0 Å². The molecule has 0 aliphatic carbocycles. The van der Waals surface area contributed by atoms with E-state index in [2.05, 4.69) is 0 Å². The molecule has 16 heavy (non-hydrogen) atoms. The fraction of sp³-hybridized carbons (Fsp3) is 0.364. The Kier molecular flexibility index (Phi) is 3.10. The SMILES string of the molecule is O=C(Cc1cc(Cl)cc2c1OCC2)C(F)F. The number of ether oxygens (including phenoxy) is 1. The predicted octanol–water partition coefficient (Wildman–Crippen LogP) is 2.65. The van der Waals surface area contributed by atoms with E-state index in [9.17, 15) is 13.6 Å². The monoisotopic (exact) mass is 246 g/mol. The Morgan fingerprint density at radius 3 is 2.94 bits per heavy atom. The minimum atomic E-state index is -2.95. The molecule has 5 heteroatoms. The number of rotatable bonds is 3. The molecule has 86 valence electrons. The molecule has 0 N–H and O–H groups in total. The van der Waals surface area contributed by atoms with Gasteiger partial charge < -0.3 is 4.74 Å². The molecule has 0 saturated heterocycles. The largest absolute Gasteiger partial charge is 0.493 e. The predicted molar refractivity (Wildman–Crippen MR) is 55.4 cm³/mol. The van der Waals surface area contributed by atoms with Crippen LogP contribution in [0.15, 0.2) is 12.1 Å². The first kappa shape index (κ1) is 11.3. The number of hydrogen-bond donors (Lipinski definition) is 0. The van der Waals surface area contributed by atoms with Crippen LogP contribution in [0.4, 0.5) is 8.78 Å². The molecule has 0 radical (unpaired) electrons. The number of hydrogen-bond acceptors (Lipinski definition) is 2. The minimum absolute atomic E-state index is 0.333. The number of alkyl halides is 2. The van der Waals surface area contributed by atoms with Crippen LogP contribution < -0.4 is 4.74 Å². The topological polar surface area (TPSA) is 26.3 Å². The highest BCUT2D eigenvalue weighted by Gasteiger charge is 2.22. The number of benzene rings is 1. The van der Waals surface area contributed by atoms with Gasteiger partial charge in [0, 0.05) is 23.4 Å². The van der Waals surface area contributed by atoms with Gasteiger partial charge in [-0.3, -0.25) is 4.79 Å². The average molecular weight is 247 g/mol. The molecular formula is C11H9ClF2O2. The molecule has 0 unspecified atom stereocenters. The second-order valence-electron chi connectivity index (χ2n) is 3.60. The summed E-state index contributed by atoms with van der Waals surface area (Å²) in [4.78, 5) is 11.0. The summed E-state index contributed by atoms with van der Waals surface area (Å²) in [6.45, 7) is 0.506. The second kappa shape index (κ2) is 4.37. The van der Waals surface area contributed by atoms with Gasteiger partial charge >= 0.3 is 0 Å². The third-order valence-electron chi connectivity index (χ3n) is 2.43.